The molecule has 0 bridgehead atoms. The lowest BCUT2D eigenvalue weighted by Crippen LogP contribution is -2.39. The molecule has 0 radical (unpaired) electrons. The van der Waals surface area contributed by atoms with Gasteiger partial charge in [0, 0.05) is 6.54 Å². The minimum absolute atomic E-state index is 0.226. The van der Waals surface area contributed by atoms with Crippen molar-refractivity contribution in [3.8, 4) is 11.9 Å². The first-order valence-electron chi connectivity index (χ1n) is 9.81. The van der Waals surface area contributed by atoms with Crippen LogP contribution in [0.1, 0.15) is 37.5 Å². The van der Waals surface area contributed by atoms with Gasteiger partial charge in [-0.1, -0.05) is 24.3 Å². The van der Waals surface area contributed by atoms with E-state index in [2.05, 4.69) is 6.19 Å². The summed E-state index contributed by atoms with van der Waals surface area (Å²) < 4.78 is 48.7. The van der Waals surface area contributed by atoms with Gasteiger partial charge in [0.05, 0.1) is 18.7 Å². The van der Waals surface area contributed by atoms with E-state index in [9.17, 15) is 23.2 Å². The fourth-order valence-electron chi connectivity index (χ4n) is 2.81. The standard InChI is InChI=1S/C23H25F3N2O3/c1-4-30-21(29)22(2,3)31-20-11-7-17(8-12-20)13-14-28(16-27)15-18-5-9-19(10-6-18)23(24,25)26/h5-12H,4,13-15H2,1-3H3. The summed E-state index contributed by atoms with van der Waals surface area (Å²) in [6.07, 6.45) is -1.75. The van der Waals surface area contributed by atoms with Crippen LogP contribution < -0.4 is 4.74 Å². The topological polar surface area (TPSA) is 62.6 Å². The smallest absolute Gasteiger partial charge is 0.416 e. The Labute approximate surface area is 180 Å². The third kappa shape index (κ3) is 7.21. The summed E-state index contributed by atoms with van der Waals surface area (Å²) in [5.74, 6) is 0.0655. The lowest BCUT2D eigenvalue weighted by Gasteiger charge is -2.24. The number of carbonyl (C=O) groups is 1. The fourth-order valence-corrected chi connectivity index (χ4v) is 2.81. The first-order chi connectivity index (χ1) is 14.5. The lowest BCUT2D eigenvalue weighted by atomic mass is 10.1. The molecule has 2 aromatic carbocycles. The SMILES string of the molecule is CCOC(=O)C(C)(C)Oc1ccc(CCN(C#N)Cc2ccc(C(F)(F)F)cc2)cc1. The molecule has 5 nitrogen and oxygen atoms in total. The zero-order chi connectivity index (χ0) is 23.1. The summed E-state index contributed by atoms with van der Waals surface area (Å²) in [7, 11) is 0. The molecule has 0 spiro atoms. The molecule has 0 unspecified atom stereocenters. The molecule has 0 aliphatic carbocycles. The second-order valence-corrected chi connectivity index (χ2v) is 7.44. The molecule has 0 heterocycles. The van der Waals surface area contributed by atoms with Gasteiger partial charge in [-0.25, -0.2) is 4.79 Å². The van der Waals surface area contributed by atoms with Crippen LogP contribution in [0.3, 0.4) is 0 Å². The van der Waals surface area contributed by atoms with Gasteiger partial charge in [-0.15, -0.1) is 0 Å². The number of esters is 1. The Bertz CT molecular complexity index is 902. The van der Waals surface area contributed by atoms with Gasteiger partial charge < -0.3 is 14.4 Å². The molecule has 0 atom stereocenters. The Morgan fingerprint density at radius 2 is 1.61 bits per heavy atom. The van der Waals surface area contributed by atoms with E-state index in [0.717, 1.165) is 17.7 Å². The molecule has 2 rings (SSSR count). The van der Waals surface area contributed by atoms with Gasteiger partial charge in [0.25, 0.3) is 0 Å². The molecule has 0 saturated heterocycles. The predicted molar refractivity (Wildman–Crippen MR) is 109 cm³/mol. The van der Waals surface area contributed by atoms with E-state index in [-0.39, 0.29) is 13.2 Å². The Kier molecular flexibility index (Phi) is 7.92. The fraction of sp³-hybridized carbons (Fsp3) is 0.391. The monoisotopic (exact) mass is 434 g/mol. The average molecular weight is 434 g/mol. The number of benzene rings is 2. The normalized spacial score (nSPS) is 11.5. The molecule has 0 aliphatic heterocycles. The van der Waals surface area contributed by atoms with Crippen LogP contribution in [0.2, 0.25) is 0 Å². The van der Waals surface area contributed by atoms with Crippen molar-refractivity contribution in [2.45, 2.75) is 45.5 Å². The molecule has 2 aromatic rings. The molecule has 0 N–H and O–H groups in total. The first kappa shape index (κ1) is 24.1. The van der Waals surface area contributed by atoms with E-state index in [4.69, 9.17) is 9.47 Å². The van der Waals surface area contributed by atoms with E-state index in [1.165, 1.54) is 17.0 Å². The Balaban J connectivity index is 1.91. The average Bonchev–Trinajstić information content (AvgIpc) is 2.71. The Hall–Kier alpha value is -3.21. The highest BCUT2D eigenvalue weighted by atomic mass is 19.4. The molecular formula is C23H25F3N2O3. The van der Waals surface area contributed by atoms with Gasteiger partial charge in [-0.2, -0.15) is 18.4 Å². The number of halogens is 3. The van der Waals surface area contributed by atoms with E-state index in [1.54, 1.807) is 32.9 Å². The molecule has 166 valence electrons. The summed E-state index contributed by atoms with van der Waals surface area (Å²) in [5.41, 5.74) is -0.252. The highest BCUT2D eigenvalue weighted by molar-refractivity contribution is 5.79. The van der Waals surface area contributed by atoms with E-state index in [0.29, 0.717) is 24.3 Å². The van der Waals surface area contributed by atoms with Crippen LogP contribution in [0.15, 0.2) is 48.5 Å². The first-order valence-corrected chi connectivity index (χ1v) is 9.81. The predicted octanol–water partition coefficient (Wildman–Crippen LogP) is 4.95. The highest BCUT2D eigenvalue weighted by Crippen LogP contribution is 2.29. The minimum atomic E-state index is -4.38. The zero-order valence-corrected chi connectivity index (χ0v) is 17.7. The van der Waals surface area contributed by atoms with Crippen LogP contribution in [-0.4, -0.2) is 29.6 Å². The summed E-state index contributed by atoms with van der Waals surface area (Å²) in [6, 6.07) is 11.9. The van der Waals surface area contributed by atoms with Crippen molar-refractivity contribution in [1.29, 1.82) is 5.26 Å². The molecule has 0 fully saturated rings. The number of carbonyl (C=O) groups excluding carboxylic acids is 1. The van der Waals surface area contributed by atoms with Crippen LogP contribution in [0.4, 0.5) is 13.2 Å². The minimum Gasteiger partial charge on any atom is -0.476 e. The van der Waals surface area contributed by atoms with Crippen LogP contribution >= 0.6 is 0 Å². The van der Waals surface area contributed by atoms with E-state index >= 15 is 0 Å². The van der Waals surface area contributed by atoms with Gasteiger partial charge in [0.15, 0.2) is 11.8 Å². The van der Waals surface area contributed by atoms with Gasteiger partial charge in [-0.05, 0) is 62.6 Å². The molecule has 0 aromatic heterocycles. The van der Waals surface area contributed by atoms with Crippen molar-refractivity contribution in [3.63, 3.8) is 0 Å². The summed E-state index contributed by atoms with van der Waals surface area (Å²) >= 11 is 0. The number of nitrogens with zero attached hydrogens (tertiary/aromatic N) is 2. The summed E-state index contributed by atoms with van der Waals surface area (Å²) in [5, 5.41) is 9.35. The number of rotatable bonds is 9. The maximum absolute atomic E-state index is 12.7. The van der Waals surface area contributed by atoms with Crippen LogP contribution in [0.5, 0.6) is 5.75 Å². The van der Waals surface area contributed by atoms with Gasteiger partial charge in [0.1, 0.15) is 5.75 Å². The maximum atomic E-state index is 12.7. The van der Waals surface area contributed by atoms with Crippen molar-refractivity contribution in [3.05, 3.63) is 65.2 Å². The molecule has 8 heteroatoms. The number of alkyl halides is 3. The number of ether oxygens (including phenoxy) is 2. The maximum Gasteiger partial charge on any atom is 0.416 e. The lowest BCUT2D eigenvalue weighted by molar-refractivity contribution is -0.158. The summed E-state index contributed by atoms with van der Waals surface area (Å²) in [4.78, 5) is 13.4. The molecule has 0 aliphatic rings. The second kappa shape index (κ2) is 10.2. The quantitative estimate of drug-likeness (QED) is 0.317. The molecule has 0 saturated carbocycles. The van der Waals surface area contributed by atoms with Crippen LogP contribution in [-0.2, 0) is 28.7 Å². The number of hydrogen-bond donors (Lipinski definition) is 0. The van der Waals surface area contributed by atoms with Gasteiger partial charge in [-0.3, -0.25) is 0 Å². The largest absolute Gasteiger partial charge is 0.476 e. The van der Waals surface area contributed by atoms with Crippen molar-refractivity contribution < 1.29 is 27.4 Å². The molecule has 0 amide bonds. The molecule has 31 heavy (non-hydrogen) atoms. The zero-order valence-electron chi connectivity index (χ0n) is 17.7. The Morgan fingerprint density at radius 3 is 2.13 bits per heavy atom. The van der Waals surface area contributed by atoms with Gasteiger partial charge in [0.2, 0.25) is 0 Å². The van der Waals surface area contributed by atoms with Crippen molar-refractivity contribution >= 4 is 5.97 Å². The molecular weight excluding hydrogens is 409 g/mol. The van der Waals surface area contributed by atoms with Crippen molar-refractivity contribution in [1.82, 2.24) is 4.90 Å². The number of hydrogen-bond acceptors (Lipinski definition) is 5. The van der Waals surface area contributed by atoms with E-state index in [1.807, 2.05) is 12.1 Å². The van der Waals surface area contributed by atoms with Crippen molar-refractivity contribution in [2.24, 2.45) is 0 Å². The van der Waals surface area contributed by atoms with Crippen LogP contribution in [0, 0.1) is 11.5 Å². The van der Waals surface area contributed by atoms with Crippen molar-refractivity contribution in [2.75, 3.05) is 13.2 Å². The number of nitriles is 1. The highest BCUT2D eigenvalue weighted by Gasteiger charge is 2.31. The second-order valence-electron chi connectivity index (χ2n) is 7.44. The van der Waals surface area contributed by atoms with Gasteiger partial charge >= 0.3 is 12.1 Å². The summed E-state index contributed by atoms with van der Waals surface area (Å²) in [6.45, 7) is 5.89. The Morgan fingerprint density at radius 1 is 1.03 bits per heavy atom. The van der Waals surface area contributed by atoms with E-state index < -0.39 is 23.3 Å². The van der Waals surface area contributed by atoms with Crippen LogP contribution in [0.25, 0.3) is 0 Å². The third-order valence-corrected chi connectivity index (χ3v) is 4.53. The third-order valence-electron chi connectivity index (χ3n) is 4.53.